The second-order valence-corrected chi connectivity index (χ2v) is 16.3. The number of ether oxygens (including phenoxy) is 1. The van der Waals surface area contributed by atoms with Crippen LogP contribution in [0.2, 0.25) is 0 Å². The number of hydrogen-bond acceptors (Lipinski definition) is 6. The zero-order chi connectivity index (χ0) is 34.4. The lowest BCUT2D eigenvalue weighted by Gasteiger charge is -2.44. The molecule has 5 aliphatic rings. The van der Waals surface area contributed by atoms with Crippen LogP contribution in [0.25, 0.3) is 11.1 Å². The highest BCUT2D eigenvalue weighted by molar-refractivity contribution is 5.99. The summed E-state index contributed by atoms with van der Waals surface area (Å²) in [5.74, 6) is 1.39. The van der Waals surface area contributed by atoms with Gasteiger partial charge in [0.1, 0.15) is 5.75 Å². The van der Waals surface area contributed by atoms with Gasteiger partial charge in [-0.1, -0.05) is 20.8 Å². The molecule has 2 saturated heterocycles. The van der Waals surface area contributed by atoms with E-state index >= 15 is 0 Å². The number of rotatable bonds is 8. The fraction of sp³-hybridized carbons (Fsp3) is 0.684. The van der Waals surface area contributed by atoms with Gasteiger partial charge >= 0.3 is 6.09 Å². The molecule has 49 heavy (non-hydrogen) atoms. The molecule has 4 fully saturated rings. The molecule has 0 radical (unpaired) electrons. The zero-order valence-corrected chi connectivity index (χ0v) is 29.7. The van der Waals surface area contributed by atoms with E-state index in [4.69, 9.17) is 9.84 Å². The lowest BCUT2D eigenvalue weighted by molar-refractivity contribution is -0.124. The van der Waals surface area contributed by atoms with E-state index in [1.54, 1.807) is 0 Å². The van der Waals surface area contributed by atoms with Gasteiger partial charge in [-0.15, -0.1) is 0 Å². The summed E-state index contributed by atoms with van der Waals surface area (Å²) in [5, 5.41) is 17.7. The lowest BCUT2D eigenvalue weighted by Crippen LogP contribution is -2.56. The van der Waals surface area contributed by atoms with Gasteiger partial charge in [0.25, 0.3) is 0 Å². The number of anilines is 1. The first kappa shape index (κ1) is 33.9. The first-order chi connectivity index (χ1) is 23.5. The van der Waals surface area contributed by atoms with Crippen molar-refractivity contribution in [3.05, 3.63) is 30.1 Å². The molecular weight excluding hydrogens is 620 g/mol. The number of nitrogens with one attached hydrogen (secondary N) is 1. The molecule has 11 heteroatoms. The SMILES string of the molecule is C[C@H]1CCc2c(ccc(-c3cnn(C4CCN(CC(=O)NC5CCN(C(=O)O)C(C(C)(C)C)C5)CC4)c3)c2OC2CCC2)N1C(=O)C1CC1. The molecule has 2 aliphatic carbocycles. The van der Waals surface area contributed by atoms with Crippen molar-refractivity contribution >= 4 is 23.6 Å². The number of benzene rings is 1. The van der Waals surface area contributed by atoms with Gasteiger partial charge in [-0.2, -0.15) is 5.10 Å². The van der Waals surface area contributed by atoms with E-state index in [2.05, 4.69) is 65.8 Å². The Hall–Kier alpha value is -3.60. The van der Waals surface area contributed by atoms with E-state index in [-0.39, 0.29) is 53.4 Å². The molecule has 1 aromatic heterocycles. The average molecular weight is 675 g/mol. The Labute approximate surface area is 290 Å². The summed E-state index contributed by atoms with van der Waals surface area (Å²) in [6.07, 6.45) is 13.7. The fourth-order valence-corrected chi connectivity index (χ4v) is 8.33. The van der Waals surface area contributed by atoms with Crippen LogP contribution in [0.15, 0.2) is 24.5 Å². The molecule has 7 rings (SSSR count). The Morgan fingerprint density at radius 1 is 1.00 bits per heavy atom. The first-order valence-corrected chi connectivity index (χ1v) is 18.7. The maximum Gasteiger partial charge on any atom is 0.407 e. The predicted octanol–water partition coefficient (Wildman–Crippen LogP) is 5.87. The van der Waals surface area contributed by atoms with Crippen molar-refractivity contribution in [3.8, 4) is 16.9 Å². The second-order valence-electron chi connectivity index (χ2n) is 16.3. The van der Waals surface area contributed by atoms with E-state index in [1.165, 1.54) is 11.3 Å². The third kappa shape index (κ3) is 7.19. The van der Waals surface area contributed by atoms with E-state index in [0.717, 1.165) is 92.6 Å². The van der Waals surface area contributed by atoms with Crippen LogP contribution in [-0.4, -0.2) is 93.0 Å². The number of aromatic nitrogens is 2. The molecule has 1 aromatic carbocycles. The standard InChI is InChI=1S/C38H54N6O5/c1-24-8-11-31-32(44(24)36(46)25-9-10-25)13-12-30(35(31)49-29-6-5-7-29)26-21-39-43(22-26)28-15-17-41(18-16-28)23-34(45)40-27-14-19-42(37(47)48)33(20-27)38(2,3)4/h12-13,21-22,24-25,27-29,33H,5-11,14-20,23H2,1-4H3,(H,40,45)(H,47,48)/t24-,27?,33?/m0/s1. The molecule has 3 amide bonds. The zero-order valence-electron chi connectivity index (χ0n) is 29.7. The van der Waals surface area contributed by atoms with Crippen molar-refractivity contribution in [1.29, 1.82) is 0 Å². The number of carbonyl (C=O) groups excluding carboxylic acids is 2. The summed E-state index contributed by atoms with van der Waals surface area (Å²) in [6.45, 7) is 10.8. The van der Waals surface area contributed by atoms with Crippen molar-refractivity contribution < 1.29 is 24.2 Å². The maximum absolute atomic E-state index is 13.3. The summed E-state index contributed by atoms with van der Waals surface area (Å²) < 4.78 is 8.81. The van der Waals surface area contributed by atoms with Crippen LogP contribution in [0.5, 0.6) is 5.75 Å². The van der Waals surface area contributed by atoms with Crippen LogP contribution in [0, 0.1) is 11.3 Å². The molecule has 266 valence electrons. The normalized spacial score (nSPS) is 25.4. The van der Waals surface area contributed by atoms with Gasteiger partial charge in [0.2, 0.25) is 11.8 Å². The molecule has 0 bridgehead atoms. The van der Waals surface area contributed by atoms with Crippen LogP contribution in [-0.2, 0) is 16.0 Å². The lowest BCUT2D eigenvalue weighted by atomic mass is 9.79. The molecule has 2 unspecified atom stereocenters. The van der Waals surface area contributed by atoms with Crippen LogP contribution in [0.1, 0.15) is 104 Å². The van der Waals surface area contributed by atoms with E-state index < -0.39 is 6.09 Å². The van der Waals surface area contributed by atoms with Gasteiger partial charge in [-0.05, 0) is 95.1 Å². The largest absolute Gasteiger partial charge is 0.489 e. The first-order valence-electron chi connectivity index (χ1n) is 18.7. The van der Waals surface area contributed by atoms with Crippen molar-refractivity contribution in [1.82, 2.24) is 24.9 Å². The molecule has 3 atom stereocenters. The molecule has 2 N–H and O–H groups in total. The van der Waals surface area contributed by atoms with Crippen molar-refractivity contribution in [3.63, 3.8) is 0 Å². The van der Waals surface area contributed by atoms with Gasteiger partial charge in [0.15, 0.2) is 0 Å². The van der Waals surface area contributed by atoms with Crippen molar-refractivity contribution in [2.24, 2.45) is 11.3 Å². The minimum Gasteiger partial charge on any atom is -0.489 e. The second kappa shape index (κ2) is 13.6. The third-order valence-electron chi connectivity index (χ3n) is 11.7. The van der Waals surface area contributed by atoms with Gasteiger partial charge in [-0.3, -0.25) is 19.2 Å². The fourth-order valence-electron chi connectivity index (χ4n) is 8.33. The number of carboxylic acid groups (broad SMARTS) is 1. The summed E-state index contributed by atoms with van der Waals surface area (Å²) in [4.78, 5) is 44.0. The third-order valence-corrected chi connectivity index (χ3v) is 11.7. The molecule has 4 heterocycles. The number of amides is 3. The number of likely N-dealkylation sites (tertiary alicyclic amines) is 2. The molecule has 2 saturated carbocycles. The predicted molar refractivity (Wildman–Crippen MR) is 188 cm³/mol. The highest BCUT2D eigenvalue weighted by Crippen LogP contribution is 2.46. The molecular formula is C38H54N6O5. The van der Waals surface area contributed by atoms with Gasteiger partial charge in [0, 0.05) is 66.6 Å². The Bertz CT molecular complexity index is 1550. The minimum atomic E-state index is -0.884. The Balaban J connectivity index is 0.986. The van der Waals surface area contributed by atoms with Gasteiger partial charge in [0.05, 0.1) is 30.6 Å². The van der Waals surface area contributed by atoms with E-state index in [1.807, 2.05) is 6.20 Å². The summed E-state index contributed by atoms with van der Waals surface area (Å²) in [5.41, 5.74) is 4.09. The Morgan fingerprint density at radius 2 is 1.76 bits per heavy atom. The minimum absolute atomic E-state index is 0.0134. The topological polar surface area (TPSA) is 120 Å². The Morgan fingerprint density at radius 3 is 2.41 bits per heavy atom. The number of hydrogen-bond donors (Lipinski definition) is 2. The molecule has 0 spiro atoms. The van der Waals surface area contributed by atoms with Crippen molar-refractivity contribution in [2.45, 2.75) is 129 Å². The van der Waals surface area contributed by atoms with Gasteiger partial charge in [-0.25, -0.2) is 4.79 Å². The molecule has 3 aliphatic heterocycles. The Kier molecular flexibility index (Phi) is 9.41. The van der Waals surface area contributed by atoms with E-state index in [9.17, 15) is 19.5 Å². The monoisotopic (exact) mass is 674 g/mol. The van der Waals surface area contributed by atoms with Crippen LogP contribution >= 0.6 is 0 Å². The van der Waals surface area contributed by atoms with Crippen molar-refractivity contribution in [2.75, 3.05) is 31.1 Å². The van der Waals surface area contributed by atoms with Crippen LogP contribution < -0.4 is 15.0 Å². The summed E-state index contributed by atoms with van der Waals surface area (Å²) in [7, 11) is 0. The number of carbonyl (C=O) groups is 3. The smallest absolute Gasteiger partial charge is 0.407 e. The molecule has 11 nitrogen and oxygen atoms in total. The molecule has 2 aromatic rings. The van der Waals surface area contributed by atoms with E-state index in [0.29, 0.717) is 25.9 Å². The average Bonchev–Trinajstić information content (AvgIpc) is 3.78. The van der Waals surface area contributed by atoms with Crippen LogP contribution in [0.4, 0.5) is 10.5 Å². The number of fused-ring (bicyclic) bond motifs is 1. The van der Waals surface area contributed by atoms with Gasteiger partial charge < -0.3 is 25.0 Å². The quantitative estimate of drug-likeness (QED) is 0.360. The van der Waals surface area contributed by atoms with Crippen LogP contribution in [0.3, 0.4) is 0 Å². The maximum atomic E-state index is 13.3. The summed E-state index contributed by atoms with van der Waals surface area (Å²) >= 11 is 0. The number of nitrogens with zero attached hydrogens (tertiary/aromatic N) is 5. The number of piperidine rings is 2. The highest BCUT2D eigenvalue weighted by Gasteiger charge is 2.41. The highest BCUT2D eigenvalue weighted by atomic mass is 16.5. The summed E-state index contributed by atoms with van der Waals surface area (Å²) in [6, 6.07) is 4.57.